The Morgan fingerprint density at radius 3 is 1.89 bits per heavy atom. The number of fused-ring (bicyclic) bond motifs is 6. The largest absolute Gasteiger partial charge is 0.456 e. The summed E-state index contributed by atoms with van der Waals surface area (Å²) in [5, 5.41) is 11.2. The number of benzene rings is 6. The van der Waals surface area contributed by atoms with E-state index in [4.69, 9.17) is 18.8 Å². The lowest BCUT2D eigenvalue weighted by molar-refractivity contribution is 0.651. The second-order valence-electron chi connectivity index (χ2n) is 11.7. The predicted molar refractivity (Wildman–Crippen MR) is 183 cm³/mol. The van der Waals surface area contributed by atoms with Crippen molar-refractivity contribution in [1.82, 2.24) is 14.5 Å². The zero-order valence-corrected chi connectivity index (χ0v) is 23.8. The molecule has 0 atom stereocenters. The predicted octanol–water partition coefficient (Wildman–Crippen LogP) is 10.8. The second kappa shape index (κ2) is 8.24. The molecule has 0 spiro atoms. The molecule has 0 fully saturated rings. The van der Waals surface area contributed by atoms with Gasteiger partial charge in [0.2, 0.25) is 11.7 Å². The Morgan fingerprint density at radius 1 is 0.400 bits per heavy atom. The van der Waals surface area contributed by atoms with Gasteiger partial charge >= 0.3 is 0 Å². The van der Waals surface area contributed by atoms with Crippen LogP contribution in [0.25, 0.3) is 105 Å². The van der Waals surface area contributed by atoms with Crippen LogP contribution in [0.4, 0.5) is 0 Å². The monoisotopic (exact) mass is 575 g/mol. The van der Waals surface area contributed by atoms with Gasteiger partial charge in [0.15, 0.2) is 0 Å². The highest BCUT2D eigenvalue weighted by Crippen LogP contribution is 2.47. The Morgan fingerprint density at radius 2 is 1.04 bits per heavy atom. The Bertz CT molecular complexity index is 2980. The summed E-state index contributed by atoms with van der Waals surface area (Å²) in [5.41, 5.74) is 7.04. The van der Waals surface area contributed by atoms with Gasteiger partial charge in [0.05, 0.1) is 22.1 Å². The van der Waals surface area contributed by atoms with Crippen LogP contribution in [0, 0.1) is 0 Å². The van der Waals surface area contributed by atoms with Crippen LogP contribution in [0.1, 0.15) is 0 Å². The van der Waals surface area contributed by atoms with Gasteiger partial charge in [-0.1, -0.05) is 97.1 Å². The molecule has 0 N–H and O–H groups in total. The highest BCUT2D eigenvalue weighted by Gasteiger charge is 2.25. The fourth-order valence-corrected chi connectivity index (χ4v) is 7.59. The van der Waals surface area contributed by atoms with Crippen molar-refractivity contribution in [3.63, 3.8) is 0 Å². The Labute approximate surface area is 254 Å². The molecule has 0 aliphatic carbocycles. The summed E-state index contributed by atoms with van der Waals surface area (Å²) in [6.07, 6.45) is 0. The van der Waals surface area contributed by atoms with Crippen molar-refractivity contribution >= 4 is 87.4 Å². The van der Waals surface area contributed by atoms with Crippen molar-refractivity contribution in [2.24, 2.45) is 0 Å². The van der Waals surface area contributed by atoms with Crippen molar-refractivity contribution in [3.05, 3.63) is 127 Å². The van der Waals surface area contributed by atoms with Gasteiger partial charge in [0.25, 0.3) is 0 Å². The second-order valence-corrected chi connectivity index (χ2v) is 11.7. The van der Waals surface area contributed by atoms with Crippen LogP contribution in [-0.2, 0) is 0 Å². The van der Waals surface area contributed by atoms with Crippen LogP contribution in [0.2, 0.25) is 0 Å². The summed E-state index contributed by atoms with van der Waals surface area (Å²) in [4.78, 5) is 10.5. The first-order valence-corrected chi connectivity index (χ1v) is 15.1. The first-order valence-electron chi connectivity index (χ1n) is 15.1. The van der Waals surface area contributed by atoms with Crippen LogP contribution in [-0.4, -0.2) is 14.5 Å². The summed E-state index contributed by atoms with van der Waals surface area (Å²) in [7, 11) is 0. The van der Waals surface area contributed by atoms with Gasteiger partial charge in [-0.05, 0) is 51.9 Å². The molecule has 0 amide bonds. The lowest BCUT2D eigenvalue weighted by atomic mass is 9.95. The molecule has 0 saturated carbocycles. The zero-order valence-electron chi connectivity index (χ0n) is 23.8. The average molecular weight is 576 g/mol. The SMILES string of the molecule is c1ccc(-c2nc(-n3c4cccc5c6ccccc6c6cccc7oc8ccc3c(c8c76)c54)nc3oc4ccccc4c23)cc1. The van der Waals surface area contributed by atoms with Gasteiger partial charge < -0.3 is 8.83 Å². The van der Waals surface area contributed by atoms with Crippen molar-refractivity contribution in [2.45, 2.75) is 0 Å². The molecular formula is C40H21N3O2. The van der Waals surface area contributed by atoms with E-state index in [0.717, 1.165) is 71.4 Å². The third-order valence-corrected chi connectivity index (χ3v) is 9.40. The van der Waals surface area contributed by atoms with E-state index in [0.29, 0.717) is 11.7 Å². The highest BCUT2D eigenvalue weighted by atomic mass is 16.3. The molecule has 5 heteroatoms. The van der Waals surface area contributed by atoms with Crippen LogP contribution < -0.4 is 0 Å². The summed E-state index contributed by atoms with van der Waals surface area (Å²) in [6.45, 7) is 0. The molecule has 208 valence electrons. The smallest absolute Gasteiger partial charge is 0.238 e. The van der Waals surface area contributed by atoms with E-state index in [1.807, 2.05) is 36.4 Å². The van der Waals surface area contributed by atoms with Crippen molar-refractivity contribution in [3.8, 4) is 17.2 Å². The van der Waals surface area contributed by atoms with Crippen molar-refractivity contribution < 1.29 is 8.83 Å². The maximum absolute atomic E-state index is 6.52. The van der Waals surface area contributed by atoms with E-state index in [1.165, 1.54) is 21.5 Å². The molecule has 7 aromatic carbocycles. The molecule has 11 aromatic rings. The molecule has 4 aromatic heterocycles. The Balaban J connectivity index is 1.39. The normalized spacial score (nSPS) is 12.4. The molecule has 0 radical (unpaired) electrons. The fourth-order valence-electron chi connectivity index (χ4n) is 7.59. The number of para-hydroxylation sites is 1. The summed E-state index contributed by atoms with van der Waals surface area (Å²) >= 11 is 0. The topological polar surface area (TPSA) is 57.0 Å². The van der Waals surface area contributed by atoms with Gasteiger partial charge in [0.1, 0.15) is 16.7 Å². The van der Waals surface area contributed by atoms with Crippen LogP contribution >= 0.6 is 0 Å². The standard InChI is InChI=1S/C40H21N3O2/c1-2-10-22(11-3-1)38-35-27-14-6-7-18-30(27)45-39(35)42-40(41-38)43-28-17-8-15-25-23-12-4-5-13-24(23)26-16-9-19-31-34(26)37-32(44-31)21-20-29(43)36(37)33(25)28/h1-21H. The van der Waals surface area contributed by atoms with Gasteiger partial charge in [-0.15, -0.1) is 0 Å². The minimum absolute atomic E-state index is 0.567. The van der Waals surface area contributed by atoms with Crippen molar-refractivity contribution in [1.29, 1.82) is 0 Å². The van der Waals surface area contributed by atoms with E-state index in [2.05, 4.69) is 95.6 Å². The zero-order chi connectivity index (χ0) is 29.2. The number of furan rings is 2. The van der Waals surface area contributed by atoms with Crippen LogP contribution in [0.15, 0.2) is 136 Å². The lowest BCUT2D eigenvalue weighted by Crippen LogP contribution is -2.02. The van der Waals surface area contributed by atoms with Crippen LogP contribution in [0.3, 0.4) is 0 Å². The molecular weight excluding hydrogens is 554 g/mol. The maximum Gasteiger partial charge on any atom is 0.238 e. The van der Waals surface area contributed by atoms with E-state index >= 15 is 0 Å². The average Bonchev–Trinajstić information content (AvgIpc) is 3.76. The van der Waals surface area contributed by atoms with Crippen molar-refractivity contribution in [2.75, 3.05) is 0 Å². The number of aromatic nitrogens is 3. The third-order valence-electron chi connectivity index (χ3n) is 9.40. The maximum atomic E-state index is 6.52. The minimum atomic E-state index is 0.567. The highest BCUT2D eigenvalue weighted by molar-refractivity contribution is 6.38. The lowest BCUT2D eigenvalue weighted by Gasteiger charge is -2.09. The first kappa shape index (κ1) is 23.3. The van der Waals surface area contributed by atoms with E-state index in [-0.39, 0.29) is 0 Å². The first-order chi connectivity index (χ1) is 22.3. The molecule has 0 unspecified atom stereocenters. The van der Waals surface area contributed by atoms with Gasteiger partial charge in [-0.25, -0.2) is 4.98 Å². The molecule has 5 nitrogen and oxygen atoms in total. The summed E-state index contributed by atoms with van der Waals surface area (Å²) in [6, 6.07) is 44.2. The van der Waals surface area contributed by atoms with E-state index in [9.17, 15) is 0 Å². The number of nitrogens with zero attached hydrogens (tertiary/aromatic N) is 3. The number of hydrogen-bond acceptors (Lipinski definition) is 4. The van der Waals surface area contributed by atoms with Gasteiger partial charge in [-0.3, -0.25) is 4.57 Å². The number of rotatable bonds is 2. The summed E-state index contributed by atoms with van der Waals surface area (Å²) in [5.74, 6) is 0.567. The van der Waals surface area contributed by atoms with Gasteiger partial charge in [0, 0.05) is 32.5 Å². The molecule has 45 heavy (non-hydrogen) atoms. The Kier molecular flexibility index (Phi) is 4.26. The Hall–Kier alpha value is -6.20. The fraction of sp³-hybridized carbons (Fsp3) is 0. The third kappa shape index (κ3) is 2.92. The molecule has 0 bridgehead atoms. The van der Waals surface area contributed by atoms with E-state index in [1.54, 1.807) is 0 Å². The quantitative estimate of drug-likeness (QED) is 0.206. The number of hydrogen-bond donors (Lipinski definition) is 0. The van der Waals surface area contributed by atoms with E-state index < -0.39 is 0 Å². The van der Waals surface area contributed by atoms with Gasteiger partial charge in [-0.2, -0.15) is 4.98 Å². The molecule has 0 saturated heterocycles. The molecule has 0 aliphatic rings. The molecule has 11 rings (SSSR count). The summed E-state index contributed by atoms with van der Waals surface area (Å²) < 4.78 is 15.1. The molecule has 4 heterocycles. The minimum Gasteiger partial charge on any atom is -0.456 e. The van der Waals surface area contributed by atoms with Crippen LogP contribution in [0.5, 0.6) is 0 Å². The molecule has 0 aliphatic heterocycles.